The van der Waals surface area contributed by atoms with Crippen molar-refractivity contribution in [3.63, 3.8) is 0 Å². The van der Waals surface area contributed by atoms with Gasteiger partial charge in [-0.3, -0.25) is 0 Å². The molecule has 16 heavy (non-hydrogen) atoms. The van der Waals surface area contributed by atoms with E-state index in [1.165, 1.54) is 7.11 Å². The highest BCUT2D eigenvalue weighted by atomic mass is 16.5. The van der Waals surface area contributed by atoms with Crippen LogP contribution in [0.2, 0.25) is 0 Å². The Bertz CT molecular complexity index is 377. The van der Waals surface area contributed by atoms with Gasteiger partial charge < -0.3 is 15.2 Å². The van der Waals surface area contributed by atoms with Crippen LogP contribution in [0.25, 0.3) is 0 Å². The molecule has 0 aliphatic heterocycles. The Morgan fingerprint density at radius 1 is 1.50 bits per heavy atom. The molecular formula is C12H17NO3. The molecule has 0 aliphatic rings. The second kappa shape index (κ2) is 5.39. The largest absolute Gasteiger partial charge is 0.496 e. The average molecular weight is 223 g/mol. The minimum absolute atomic E-state index is 0.112. The molecular weight excluding hydrogens is 206 g/mol. The van der Waals surface area contributed by atoms with Gasteiger partial charge in [0.25, 0.3) is 0 Å². The smallest absolute Gasteiger partial charge is 0.342 e. The fraction of sp³-hybridized carbons (Fsp3) is 0.417. The van der Waals surface area contributed by atoms with Crippen LogP contribution in [0.1, 0.15) is 30.6 Å². The summed E-state index contributed by atoms with van der Waals surface area (Å²) in [7, 11) is 1.51. The minimum atomic E-state index is -0.404. The molecule has 0 aromatic heterocycles. The molecule has 0 bridgehead atoms. The van der Waals surface area contributed by atoms with Crippen LogP contribution in [0, 0.1) is 0 Å². The van der Waals surface area contributed by atoms with E-state index in [2.05, 4.69) is 0 Å². The highest BCUT2D eigenvalue weighted by molar-refractivity contribution is 5.93. The summed E-state index contributed by atoms with van der Waals surface area (Å²) in [4.78, 5) is 11.8. The molecule has 4 heteroatoms. The molecule has 1 aromatic rings. The van der Waals surface area contributed by atoms with Crippen molar-refractivity contribution in [3.05, 3.63) is 23.8 Å². The number of nitrogens with two attached hydrogens (primary N) is 1. The molecule has 0 aliphatic carbocycles. The first kappa shape index (κ1) is 12.4. The SMILES string of the molecule is CC[C@@H](C)OC(=O)c1cc(N)ccc1OC. The lowest BCUT2D eigenvalue weighted by atomic mass is 10.2. The summed E-state index contributed by atoms with van der Waals surface area (Å²) in [5.41, 5.74) is 6.49. The van der Waals surface area contributed by atoms with Gasteiger partial charge in [0.1, 0.15) is 11.3 Å². The second-order valence-electron chi connectivity index (χ2n) is 3.58. The number of esters is 1. The number of benzene rings is 1. The van der Waals surface area contributed by atoms with Crippen LogP contribution in [0.4, 0.5) is 5.69 Å². The number of ether oxygens (including phenoxy) is 2. The summed E-state index contributed by atoms with van der Waals surface area (Å²) in [6.45, 7) is 3.80. The van der Waals surface area contributed by atoms with Crippen LogP contribution in [0.3, 0.4) is 0 Å². The lowest BCUT2D eigenvalue weighted by Crippen LogP contribution is -2.15. The summed E-state index contributed by atoms with van der Waals surface area (Å²) in [5.74, 6) is 0.0704. The maximum Gasteiger partial charge on any atom is 0.342 e. The number of anilines is 1. The molecule has 0 radical (unpaired) electrons. The van der Waals surface area contributed by atoms with Crippen LogP contribution in [-0.4, -0.2) is 19.2 Å². The third kappa shape index (κ3) is 2.89. The molecule has 0 fully saturated rings. The van der Waals surface area contributed by atoms with E-state index in [-0.39, 0.29) is 6.10 Å². The number of rotatable bonds is 4. The quantitative estimate of drug-likeness (QED) is 0.628. The van der Waals surface area contributed by atoms with Crippen molar-refractivity contribution in [1.29, 1.82) is 0 Å². The number of methoxy groups -OCH3 is 1. The molecule has 1 aromatic carbocycles. The molecule has 0 spiro atoms. The molecule has 0 saturated heterocycles. The Hall–Kier alpha value is -1.71. The van der Waals surface area contributed by atoms with Gasteiger partial charge in [-0.15, -0.1) is 0 Å². The van der Waals surface area contributed by atoms with Gasteiger partial charge in [0.15, 0.2) is 0 Å². The van der Waals surface area contributed by atoms with Gasteiger partial charge in [-0.1, -0.05) is 6.92 Å². The first-order valence-corrected chi connectivity index (χ1v) is 5.23. The van der Waals surface area contributed by atoms with E-state index in [1.54, 1.807) is 18.2 Å². The van der Waals surface area contributed by atoms with Crippen LogP contribution < -0.4 is 10.5 Å². The van der Waals surface area contributed by atoms with Gasteiger partial charge in [0.2, 0.25) is 0 Å². The standard InChI is InChI=1S/C12H17NO3/c1-4-8(2)16-12(14)10-7-9(13)5-6-11(10)15-3/h5-8H,4,13H2,1-3H3/t8-/m1/s1. The van der Waals surface area contributed by atoms with Gasteiger partial charge >= 0.3 is 5.97 Å². The molecule has 0 unspecified atom stereocenters. The van der Waals surface area contributed by atoms with E-state index in [1.807, 2.05) is 13.8 Å². The zero-order chi connectivity index (χ0) is 12.1. The topological polar surface area (TPSA) is 61.5 Å². The normalized spacial score (nSPS) is 11.9. The molecule has 88 valence electrons. The summed E-state index contributed by atoms with van der Waals surface area (Å²) < 4.78 is 10.3. The third-order valence-corrected chi connectivity index (χ3v) is 2.33. The Labute approximate surface area is 95.3 Å². The van der Waals surface area contributed by atoms with Gasteiger partial charge in [0.05, 0.1) is 13.2 Å². The fourth-order valence-electron chi connectivity index (χ4n) is 1.21. The second-order valence-corrected chi connectivity index (χ2v) is 3.58. The maximum absolute atomic E-state index is 11.8. The van der Waals surface area contributed by atoms with Gasteiger partial charge in [0, 0.05) is 5.69 Å². The van der Waals surface area contributed by atoms with Crippen molar-refractivity contribution in [3.8, 4) is 5.75 Å². The number of nitrogen functional groups attached to an aromatic ring is 1. The first-order chi connectivity index (χ1) is 7.58. The predicted octanol–water partition coefficient (Wildman–Crippen LogP) is 2.23. The summed E-state index contributed by atoms with van der Waals surface area (Å²) in [5, 5.41) is 0. The van der Waals surface area contributed by atoms with Crippen molar-refractivity contribution in [2.75, 3.05) is 12.8 Å². The van der Waals surface area contributed by atoms with Crippen LogP contribution >= 0.6 is 0 Å². The van der Waals surface area contributed by atoms with E-state index >= 15 is 0 Å². The maximum atomic E-state index is 11.8. The molecule has 2 N–H and O–H groups in total. The Kier molecular flexibility index (Phi) is 4.17. The van der Waals surface area contributed by atoms with Crippen LogP contribution in [0.15, 0.2) is 18.2 Å². The predicted molar refractivity (Wildman–Crippen MR) is 62.6 cm³/mol. The third-order valence-electron chi connectivity index (χ3n) is 2.33. The summed E-state index contributed by atoms with van der Waals surface area (Å²) in [6.07, 6.45) is 0.662. The first-order valence-electron chi connectivity index (χ1n) is 5.23. The highest BCUT2D eigenvalue weighted by Gasteiger charge is 2.16. The molecule has 0 amide bonds. The Morgan fingerprint density at radius 2 is 2.19 bits per heavy atom. The minimum Gasteiger partial charge on any atom is -0.496 e. The molecule has 1 rings (SSSR count). The number of carbonyl (C=O) groups is 1. The molecule has 4 nitrogen and oxygen atoms in total. The monoisotopic (exact) mass is 223 g/mol. The van der Waals surface area contributed by atoms with Crippen molar-refractivity contribution in [2.45, 2.75) is 26.4 Å². The average Bonchev–Trinajstić information content (AvgIpc) is 2.28. The van der Waals surface area contributed by atoms with Gasteiger partial charge in [-0.2, -0.15) is 0 Å². The summed E-state index contributed by atoms with van der Waals surface area (Å²) >= 11 is 0. The Morgan fingerprint density at radius 3 is 2.75 bits per heavy atom. The summed E-state index contributed by atoms with van der Waals surface area (Å²) in [6, 6.07) is 4.89. The molecule has 0 saturated carbocycles. The van der Waals surface area contributed by atoms with Crippen molar-refractivity contribution < 1.29 is 14.3 Å². The van der Waals surface area contributed by atoms with E-state index in [9.17, 15) is 4.79 Å². The number of carbonyl (C=O) groups excluding carboxylic acids is 1. The lowest BCUT2D eigenvalue weighted by Gasteiger charge is -2.13. The van der Waals surface area contributed by atoms with E-state index in [0.29, 0.717) is 17.0 Å². The van der Waals surface area contributed by atoms with Crippen molar-refractivity contribution in [1.82, 2.24) is 0 Å². The van der Waals surface area contributed by atoms with Crippen LogP contribution in [0.5, 0.6) is 5.75 Å². The fourth-order valence-corrected chi connectivity index (χ4v) is 1.21. The molecule has 1 atom stereocenters. The Balaban J connectivity index is 2.93. The number of hydrogen-bond acceptors (Lipinski definition) is 4. The van der Waals surface area contributed by atoms with E-state index < -0.39 is 5.97 Å². The highest BCUT2D eigenvalue weighted by Crippen LogP contribution is 2.22. The molecule has 0 heterocycles. The van der Waals surface area contributed by atoms with E-state index in [0.717, 1.165) is 6.42 Å². The van der Waals surface area contributed by atoms with Gasteiger partial charge in [-0.25, -0.2) is 4.79 Å². The van der Waals surface area contributed by atoms with Crippen LogP contribution in [-0.2, 0) is 4.74 Å². The lowest BCUT2D eigenvalue weighted by molar-refractivity contribution is 0.0331. The van der Waals surface area contributed by atoms with Gasteiger partial charge in [-0.05, 0) is 31.5 Å². The zero-order valence-corrected chi connectivity index (χ0v) is 9.82. The van der Waals surface area contributed by atoms with Crippen molar-refractivity contribution >= 4 is 11.7 Å². The van der Waals surface area contributed by atoms with Crippen molar-refractivity contribution in [2.24, 2.45) is 0 Å². The van der Waals surface area contributed by atoms with E-state index in [4.69, 9.17) is 15.2 Å². The zero-order valence-electron chi connectivity index (χ0n) is 9.82. The number of hydrogen-bond donors (Lipinski definition) is 1.